The molecule has 2 saturated heterocycles. The molecule has 238 valence electrons. The molecule has 0 spiro atoms. The third kappa shape index (κ3) is 4.67. The zero-order valence-electron chi connectivity index (χ0n) is 26.5. The van der Waals surface area contributed by atoms with Gasteiger partial charge in [0.25, 0.3) is 5.91 Å². The first-order valence-corrected chi connectivity index (χ1v) is 16.8. The Morgan fingerprint density at radius 1 is 1.00 bits per heavy atom. The lowest BCUT2D eigenvalue weighted by molar-refractivity contribution is 0.0700. The number of aromatic nitrogens is 4. The average molecular weight is 627 g/mol. The number of carbonyl (C=O) groups excluding carboxylic acids is 1. The number of carbonyl (C=O) groups is 1. The number of nitriles is 1. The Bertz CT molecular complexity index is 2080. The number of hydrogen-bond donors (Lipinski definition) is 1. The maximum absolute atomic E-state index is 14.0. The van der Waals surface area contributed by atoms with Crippen molar-refractivity contribution in [3.63, 3.8) is 0 Å². The highest BCUT2D eigenvalue weighted by atomic mass is 16.5. The molecule has 3 atom stereocenters. The Morgan fingerprint density at radius 2 is 1.83 bits per heavy atom. The average Bonchev–Trinajstić information content (AvgIpc) is 3.44. The number of methoxy groups -OCH3 is 1. The van der Waals surface area contributed by atoms with Crippen molar-refractivity contribution in [1.29, 1.82) is 5.26 Å². The van der Waals surface area contributed by atoms with Crippen molar-refractivity contribution in [2.75, 3.05) is 31.6 Å². The number of benzene rings is 2. The van der Waals surface area contributed by atoms with E-state index in [2.05, 4.69) is 55.4 Å². The Morgan fingerprint density at radius 3 is 2.57 bits per heavy atom. The van der Waals surface area contributed by atoms with Crippen molar-refractivity contribution < 1.29 is 9.53 Å². The number of piperidine rings is 1. The molecule has 2 aliphatic heterocycles. The Hall–Kier alpha value is -4.88. The van der Waals surface area contributed by atoms with Crippen molar-refractivity contribution >= 4 is 33.5 Å². The SMILES string of the molecule is COc1cc(C(=O)N2C[C@H]3CC[C@@H]2[C@@H]3N)cc2nc(-c3cc4ccccc4n3CC3CC3)n(CC3CN(c4cncc(C#N)c4)C3)c12. The van der Waals surface area contributed by atoms with Gasteiger partial charge in [0.1, 0.15) is 17.3 Å². The minimum Gasteiger partial charge on any atom is -0.494 e. The van der Waals surface area contributed by atoms with E-state index in [0.29, 0.717) is 34.6 Å². The molecular weight excluding hydrogens is 588 g/mol. The minimum atomic E-state index is 0.00893. The van der Waals surface area contributed by atoms with Crippen LogP contribution >= 0.6 is 0 Å². The zero-order chi connectivity index (χ0) is 31.8. The van der Waals surface area contributed by atoms with Crippen LogP contribution in [0, 0.1) is 29.1 Å². The van der Waals surface area contributed by atoms with E-state index < -0.39 is 0 Å². The molecule has 4 aliphatic rings. The number of pyridine rings is 1. The molecule has 5 aromatic rings. The highest BCUT2D eigenvalue weighted by Gasteiger charge is 2.47. The zero-order valence-corrected chi connectivity index (χ0v) is 26.5. The van der Waals surface area contributed by atoms with Crippen LogP contribution in [0.3, 0.4) is 0 Å². The first kappa shape index (κ1) is 28.4. The molecule has 5 heterocycles. The van der Waals surface area contributed by atoms with Gasteiger partial charge in [0, 0.05) is 73.4 Å². The summed E-state index contributed by atoms with van der Waals surface area (Å²) in [5.41, 5.74) is 12.6. The van der Waals surface area contributed by atoms with Gasteiger partial charge in [-0.25, -0.2) is 4.98 Å². The van der Waals surface area contributed by atoms with Crippen molar-refractivity contribution in [3.8, 4) is 23.3 Å². The first-order valence-electron chi connectivity index (χ1n) is 16.8. The van der Waals surface area contributed by atoms with Gasteiger partial charge in [-0.05, 0) is 67.9 Å². The van der Waals surface area contributed by atoms with Crippen LogP contribution in [-0.4, -0.2) is 68.7 Å². The largest absolute Gasteiger partial charge is 0.494 e. The molecule has 10 nitrogen and oxygen atoms in total. The fourth-order valence-electron chi connectivity index (χ4n) is 8.30. The molecule has 2 aromatic carbocycles. The molecule has 2 saturated carbocycles. The predicted octanol–water partition coefficient (Wildman–Crippen LogP) is 5.04. The summed E-state index contributed by atoms with van der Waals surface area (Å²) in [6.45, 7) is 4.11. The second-order valence-electron chi connectivity index (χ2n) is 14.0. The van der Waals surface area contributed by atoms with Crippen LogP contribution in [0.2, 0.25) is 0 Å². The van der Waals surface area contributed by atoms with E-state index in [4.69, 9.17) is 15.5 Å². The van der Waals surface area contributed by atoms with E-state index >= 15 is 0 Å². The summed E-state index contributed by atoms with van der Waals surface area (Å²) < 4.78 is 10.8. The number of rotatable bonds is 8. The van der Waals surface area contributed by atoms with Gasteiger partial charge in [0.2, 0.25) is 0 Å². The number of nitrogens with zero attached hydrogens (tertiary/aromatic N) is 7. The van der Waals surface area contributed by atoms with E-state index in [1.54, 1.807) is 13.3 Å². The molecule has 1 amide bonds. The van der Waals surface area contributed by atoms with Crippen molar-refractivity contribution in [1.82, 2.24) is 24.0 Å². The van der Waals surface area contributed by atoms with E-state index in [9.17, 15) is 10.1 Å². The number of amides is 1. The van der Waals surface area contributed by atoms with Crippen LogP contribution < -0.4 is 15.4 Å². The summed E-state index contributed by atoms with van der Waals surface area (Å²) in [4.78, 5) is 27.8. The van der Waals surface area contributed by atoms with Crippen LogP contribution in [0.1, 0.15) is 41.6 Å². The van der Waals surface area contributed by atoms with Gasteiger partial charge in [-0.1, -0.05) is 18.2 Å². The smallest absolute Gasteiger partial charge is 0.254 e. The fourth-order valence-corrected chi connectivity index (χ4v) is 8.30. The van der Waals surface area contributed by atoms with Crippen LogP contribution in [-0.2, 0) is 13.1 Å². The number of ether oxygens (including phenoxy) is 1. The molecular formula is C37H38N8O2. The van der Waals surface area contributed by atoms with Gasteiger partial charge in [-0.15, -0.1) is 0 Å². The lowest BCUT2D eigenvalue weighted by atomic mass is 9.98. The van der Waals surface area contributed by atoms with Crippen LogP contribution in [0.15, 0.2) is 60.9 Å². The molecule has 47 heavy (non-hydrogen) atoms. The monoisotopic (exact) mass is 626 g/mol. The van der Waals surface area contributed by atoms with Gasteiger partial charge in [-0.2, -0.15) is 5.26 Å². The molecule has 0 radical (unpaired) electrons. The van der Waals surface area contributed by atoms with Crippen LogP contribution in [0.25, 0.3) is 33.5 Å². The summed E-state index contributed by atoms with van der Waals surface area (Å²) in [5.74, 6) is 2.98. The number of anilines is 1. The number of para-hydroxylation sites is 1. The maximum Gasteiger partial charge on any atom is 0.254 e. The van der Waals surface area contributed by atoms with E-state index in [1.807, 2.05) is 29.3 Å². The summed E-state index contributed by atoms with van der Waals surface area (Å²) >= 11 is 0. The molecule has 3 aromatic heterocycles. The second-order valence-corrected chi connectivity index (χ2v) is 14.0. The van der Waals surface area contributed by atoms with E-state index in [0.717, 1.165) is 73.8 Å². The number of imidazole rings is 1. The number of fused-ring (bicyclic) bond motifs is 4. The minimum absolute atomic E-state index is 0.00893. The summed E-state index contributed by atoms with van der Waals surface area (Å²) in [7, 11) is 1.68. The predicted molar refractivity (Wildman–Crippen MR) is 180 cm³/mol. The normalized spacial score (nSPS) is 22.3. The quantitative estimate of drug-likeness (QED) is 0.256. The Balaban J connectivity index is 1.14. The molecule has 9 rings (SSSR count). The number of likely N-dealkylation sites (tertiary alicyclic amines) is 1. The van der Waals surface area contributed by atoms with Gasteiger partial charge >= 0.3 is 0 Å². The first-order chi connectivity index (χ1) is 23.0. The van der Waals surface area contributed by atoms with E-state index in [-0.39, 0.29) is 18.0 Å². The lowest BCUT2D eigenvalue weighted by Gasteiger charge is -2.41. The lowest BCUT2D eigenvalue weighted by Crippen LogP contribution is -2.48. The van der Waals surface area contributed by atoms with E-state index in [1.165, 1.54) is 23.7 Å². The summed E-state index contributed by atoms with van der Waals surface area (Å²) in [6, 6.07) is 19.0. The Labute approximate surface area is 273 Å². The molecule has 2 bridgehead atoms. The van der Waals surface area contributed by atoms with Crippen LogP contribution in [0.5, 0.6) is 5.75 Å². The third-order valence-electron chi connectivity index (χ3n) is 11.0. The molecule has 10 heteroatoms. The second kappa shape index (κ2) is 10.8. The maximum atomic E-state index is 14.0. The van der Waals surface area contributed by atoms with Gasteiger partial charge < -0.3 is 29.4 Å². The standard InChI is InChI=1S/C37H38N8O2/c1-47-33-13-27(37(46)44-21-26-8-9-31(44)34(26)39)11-29-35(33)45(20-24-17-42(18-24)28-10-23(14-38)15-40-16-28)36(41-29)32-12-25-4-2-3-5-30(25)43(32)19-22-6-7-22/h2-5,10-13,15-16,22,24,26,31,34H,6-9,17-21,39H2,1H3/t26-,31-,34-/m1/s1. The van der Waals surface area contributed by atoms with Crippen molar-refractivity contribution in [2.24, 2.45) is 23.5 Å². The Kier molecular flexibility index (Phi) is 6.54. The number of nitrogens with two attached hydrogens (primary N) is 1. The highest BCUT2D eigenvalue weighted by molar-refractivity contribution is 6.00. The number of hydrogen-bond acceptors (Lipinski definition) is 7. The van der Waals surface area contributed by atoms with Crippen LogP contribution in [0.4, 0.5) is 5.69 Å². The summed E-state index contributed by atoms with van der Waals surface area (Å²) in [6.07, 6.45) is 7.99. The highest BCUT2D eigenvalue weighted by Crippen LogP contribution is 2.41. The summed E-state index contributed by atoms with van der Waals surface area (Å²) in [5, 5.41) is 10.6. The van der Waals surface area contributed by atoms with Gasteiger partial charge in [0.05, 0.1) is 35.8 Å². The van der Waals surface area contributed by atoms with Crippen molar-refractivity contribution in [3.05, 3.63) is 72.1 Å². The van der Waals surface area contributed by atoms with Gasteiger partial charge in [-0.3, -0.25) is 9.78 Å². The fraction of sp³-hybridized carbons (Fsp3) is 0.405. The molecule has 4 fully saturated rings. The molecule has 2 aliphatic carbocycles. The molecule has 2 N–H and O–H groups in total. The third-order valence-corrected chi connectivity index (χ3v) is 11.0. The topological polar surface area (TPSA) is 118 Å². The molecule has 0 unspecified atom stereocenters. The van der Waals surface area contributed by atoms with Crippen molar-refractivity contribution in [2.45, 2.75) is 50.9 Å². The van der Waals surface area contributed by atoms with Gasteiger partial charge in [0.15, 0.2) is 5.82 Å².